The van der Waals surface area contributed by atoms with Gasteiger partial charge in [0.05, 0.1) is 30.4 Å². The minimum absolute atomic E-state index is 0.0226. The zero-order chi connectivity index (χ0) is 35.5. The van der Waals surface area contributed by atoms with E-state index in [0.29, 0.717) is 27.7 Å². The van der Waals surface area contributed by atoms with Crippen molar-refractivity contribution in [3.63, 3.8) is 0 Å². The van der Waals surface area contributed by atoms with E-state index in [1.54, 1.807) is 39.0 Å². The van der Waals surface area contributed by atoms with Gasteiger partial charge in [0, 0.05) is 40.5 Å². The van der Waals surface area contributed by atoms with E-state index in [2.05, 4.69) is 53.5 Å². The predicted octanol–water partition coefficient (Wildman–Crippen LogP) is 9.19. The number of benzene rings is 2. The van der Waals surface area contributed by atoms with Crippen LogP contribution in [0.4, 0.5) is 15.8 Å². The van der Waals surface area contributed by atoms with Crippen LogP contribution >= 0.6 is 11.6 Å². The Balaban J connectivity index is 2.08. The molecule has 0 saturated carbocycles. The fraction of sp³-hybridized carbons (Fsp3) is 0.485. The number of rotatable bonds is 12. The van der Waals surface area contributed by atoms with Crippen LogP contribution in [0.1, 0.15) is 79.2 Å². The Morgan fingerprint density at radius 2 is 1.74 bits per heavy atom. The summed E-state index contributed by atoms with van der Waals surface area (Å²) in [6.45, 7) is 19.9. The molecular formula is C33H45ClFN5O5SSi. The van der Waals surface area contributed by atoms with Gasteiger partial charge in [-0.1, -0.05) is 42.8 Å². The standard InChI is InChI=1S/C33H45ClFN5O5SSi/c1-31(2,3)46(43)38-16-15-25(29-23(34)13-12-14-28(29)44-9)39-26-17-22(24(35)18-27(26)40(41)42)21-19-36-30(37-20-21)33(7,8)45-47(10,11)32(4,5)6/h12-14,16-20,25,39H,15H2,1-11H3/t25-,46?/m1/s1. The Kier molecular flexibility index (Phi) is 11.9. The average Bonchev–Trinajstić information content (AvgIpc) is 2.95. The van der Waals surface area contributed by atoms with Crippen LogP contribution in [0.15, 0.2) is 47.1 Å². The maximum absolute atomic E-state index is 15.5. The number of halogens is 2. The van der Waals surface area contributed by atoms with E-state index in [1.807, 2.05) is 13.8 Å². The van der Waals surface area contributed by atoms with E-state index in [4.69, 9.17) is 20.8 Å². The van der Waals surface area contributed by atoms with Gasteiger partial charge in [-0.25, -0.2) is 14.4 Å². The number of nitro groups is 1. The Morgan fingerprint density at radius 1 is 1.13 bits per heavy atom. The molecule has 1 heterocycles. The van der Waals surface area contributed by atoms with Crippen LogP contribution in [0.25, 0.3) is 11.1 Å². The number of hydrogen-bond acceptors (Lipinski definition) is 9. The summed E-state index contributed by atoms with van der Waals surface area (Å²) < 4.78 is 43.9. The lowest BCUT2D eigenvalue weighted by atomic mass is 10.0. The Hall–Kier alpha value is -3.10. The van der Waals surface area contributed by atoms with Gasteiger partial charge >= 0.3 is 0 Å². The number of nitrogens with one attached hydrogen (secondary N) is 1. The summed E-state index contributed by atoms with van der Waals surface area (Å²) in [5.74, 6) is 0.0470. The highest BCUT2D eigenvalue weighted by molar-refractivity contribution is 7.91. The normalized spacial score (nSPS) is 14.3. The van der Waals surface area contributed by atoms with Gasteiger partial charge in [0.1, 0.15) is 39.0 Å². The molecule has 0 spiro atoms. The van der Waals surface area contributed by atoms with Gasteiger partial charge in [-0.05, 0) is 71.0 Å². The van der Waals surface area contributed by atoms with Gasteiger partial charge < -0.3 is 19.0 Å². The first-order valence-electron chi connectivity index (χ1n) is 15.1. The highest BCUT2D eigenvalue weighted by Crippen LogP contribution is 2.42. The van der Waals surface area contributed by atoms with Gasteiger partial charge in [-0.3, -0.25) is 10.1 Å². The summed E-state index contributed by atoms with van der Waals surface area (Å²) in [6, 6.07) is 6.57. The first-order chi connectivity index (χ1) is 21.6. The molecule has 1 aromatic heterocycles. The second-order valence-corrected chi connectivity index (χ2v) is 21.3. The first kappa shape index (κ1) is 38.3. The van der Waals surface area contributed by atoms with Crippen LogP contribution in [-0.2, 0) is 21.4 Å². The van der Waals surface area contributed by atoms with Crippen LogP contribution in [0.2, 0.25) is 23.2 Å². The number of methoxy groups -OCH3 is 1. The molecule has 0 aliphatic heterocycles. The fourth-order valence-electron chi connectivity index (χ4n) is 4.51. The third-order valence-corrected chi connectivity index (χ3v) is 14.4. The van der Waals surface area contributed by atoms with Crippen molar-refractivity contribution >= 4 is 48.9 Å². The van der Waals surface area contributed by atoms with Crippen LogP contribution < -0.4 is 10.1 Å². The maximum atomic E-state index is 15.5. The van der Waals surface area contributed by atoms with Gasteiger partial charge in [0.15, 0.2) is 14.1 Å². The van der Waals surface area contributed by atoms with Crippen molar-refractivity contribution in [3.05, 3.63) is 75.1 Å². The number of ether oxygens (including phenoxy) is 1. The number of hydrogen-bond donors (Lipinski definition) is 1. The fourth-order valence-corrected chi connectivity index (χ4v) is 7.02. The van der Waals surface area contributed by atoms with Crippen molar-refractivity contribution in [3.8, 4) is 16.9 Å². The average molecular weight is 706 g/mol. The molecule has 47 heavy (non-hydrogen) atoms. The molecule has 2 atom stereocenters. The second kappa shape index (κ2) is 14.6. The zero-order valence-corrected chi connectivity index (χ0v) is 31.5. The van der Waals surface area contributed by atoms with E-state index in [-0.39, 0.29) is 22.7 Å². The van der Waals surface area contributed by atoms with Crippen molar-refractivity contribution in [1.82, 2.24) is 9.97 Å². The Bertz CT molecular complexity index is 1610. The van der Waals surface area contributed by atoms with Crippen molar-refractivity contribution in [2.45, 2.75) is 96.3 Å². The minimum Gasteiger partial charge on any atom is -0.591 e. The molecule has 256 valence electrons. The summed E-state index contributed by atoms with van der Waals surface area (Å²) >= 11 is 5.08. The van der Waals surface area contributed by atoms with Gasteiger partial charge in [-0.15, -0.1) is 0 Å². The molecule has 3 rings (SSSR count). The van der Waals surface area contributed by atoms with Crippen LogP contribution in [-0.4, -0.2) is 45.8 Å². The molecule has 1 unspecified atom stereocenters. The summed E-state index contributed by atoms with van der Waals surface area (Å²) in [7, 11) is -0.689. The number of nitro benzene ring substituents is 1. The number of aromatic nitrogens is 2. The van der Waals surface area contributed by atoms with Gasteiger partial charge in [-0.2, -0.15) is 0 Å². The Morgan fingerprint density at radius 3 is 2.28 bits per heavy atom. The zero-order valence-electron chi connectivity index (χ0n) is 28.9. The van der Waals surface area contributed by atoms with Crippen molar-refractivity contribution < 1.29 is 23.0 Å². The molecule has 1 N–H and O–H groups in total. The van der Waals surface area contributed by atoms with Crippen LogP contribution in [0, 0.1) is 15.9 Å². The molecule has 0 saturated heterocycles. The van der Waals surface area contributed by atoms with Crippen molar-refractivity contribution in [1.29, 1.82) is 0 Å². The molecule has 0 radical (unpaired) electrons. The predicted molar refractivity (Wildman–Crippen MR) is 191 cm³/mol. The second-order valence-electron chi connectivity index (χ2n) is 14.2. The lowest BCUT2D eigenvalue weighted by Gasteiger charge is -2.42. The molecule has 10 nitrogen and oxygen atoms in total. The summed E-state index contributed by atoms with van der Waals surface area (Å²) in [4.78, 5) is 20.5. The minimum atomic E-state index is -2.17. The first-order valence-corrected chi connectivity index (χ1v) is 19.5. The smallest absolute Gasteiger partial charge is 0.295 e. The Labute approximate surface area is 286 Å². The molecule has 0 aliphatic rings. The molecule has 0 amide bonds. The van der Waals surface area contributed by atoms with Crippen molar-refractivity contribution in [2.24, 2.45) is 4.40 Å². The molecule has 14 heteroatoms. The van der Waals surface area contributed by atoms with E-state index in [0.717, 1.165) is 6.07 Å². The topological polar surface area (TPSA) is 135 Å². The van der Waals surface area contributed by atoms with Crippen LogP contribution in [0.5, 0.6) is 5.75 Å². The molecule has 0 bridgehead atoms. The number of nitrogens with zero attached hydrogens (tertiary/aromatic N) is 4. The maximum Gasteiger partial charge on any atom is 0.295 e. The highest BCUT2D eigenvalue weighted by atomic mass is 35.5. The SMILES string of the molecule is COc1cccc(Cl)c1[C@@H](CC=N[S+]([O-])C(C)(C)C)Nc1cc(-c2cnc(C(C)(C)O[Si](C)(C)C(C)(C)C)nc2)c(F)cc1[N+](=O)[O-]. The molecular weight excluding hydrogens is 661 g/mol. The molecule has 3 aromatic rings. The van der Waals surface area contributed by atoms with E-state index >= 15 is 4.39 Å². The van der Waals surface area contributed by atoms with E-state index in [1.165, 1.54) is 31.8 Å². The summed E-state index contributed by atoms with van der Waals surface area (Å²) in [5, 5.41) is 15.6. The van der Waals surface area contributed by atoms with Gasteiger partial charge in [0.25, 0.3) is 5.69 Å². The summed E-state index contributed by atoms with van der Waals surface area (Å²) in [6.07, 6.45) is 4.58. The van der Waals surface area contributed by atoms with Gasteiger partial charge in [0.2, 0.25) is 0 Å². The third-order valence-electron chi connectivity index (χ3n) is 8.05. The highest BCUT2D eigenvalue weighted by Gasteiger charge is 2.43. The lowest BCUT2D eigenvalue weighted by molar-refractivity contribution is -0.384. The van der Waals surface area contributed by atoms with E-state index in [9.17, 15) is 14.7 Å². The summed E-state index contributed by atoms with van der Waals surface area (Å²) in [5.41, 5.74) is -0.391. The largest absolute Gasteiger partial charge is 0.591 e. The quantitative estimate of drug-likeness (QED) is 0.0648. The monoisotopic (exact) mass is 705 g/mol. The number of anilines is 1. The van der Waals surface area contributed by atoms with E-state index < -0.39 is 52.5 Å². The van der Waals surface area contributed by atoms with Crippen LogP contribution in [0.3, 0.4) is 0 Å². The lowest BCUT2D eigenvalue weighted by Crippen LogP contribution is -2.46. The molecule has 2 aromatic carbocycles. The third kappa shape index (κ3) is 9.29. The van der Waals surface area contributed by atoms with Crippen molar-refractivity contribution in [2.75, 3.05) is 12.4 Å². The molecule has 0 fully saturated rings. The molecule has 0 aliphatic carbocycles.